The zero-order valence-corrected chi connectivity index (χ0v) is 10.5. The van der Waals surface area contributed by atoms with Gasteiger partial charge in [0, 0.05) is 30.8 Å². The van der Waals surface area contributed by atoms with E-state index >= 15 is 0 Å². The van der Waals surface area contributed by atoms with Crippen LogP contribution in [-0.4, -0.2) is 26.9 Å². The molecular formula is C12H18ClNO2. The van der Waals surface area contributed by atoms with Gasteiger partial charge >= 0.3 is 0 Å². The third-order valence-corrected chi connectivity index (χ3v) is 2.36. The lowest BCUT2D eigenvalue weighted by atomic mass is 10.2. The Hall–Kier alpha value is -0.770. The predicted octanol–water partition coefficient (Wildman–Crippen LogP) is 2.47. The molecule has 0 heterocycles. The van der Waals surface area contributed by atoms with E-state index in [1.165, 1.54) is 0 Å². The molecule has 0 saturated heterocycles. The summed E-state index contributed by atoms with van der Waals surface area (Å²) in [4.78, 5) is 0. The zero-order valence-electron chi connectivity index (χ0n) is 9.75. The molecule has 1 N–H and O–H groups in total. The van der Waals surface area contributed by atoms with Gasteiger partial charge in [-0.05, 0) is 25.1 Å². The van der Waals surface area contributed by atoms with Crippen LogP contribution in [0.1, 0.15) is 12.5 Å². The minimum atomic E-state index is 0.659. The Morgan fingerprint density at radius 2 is 2.19 bits per heavy atom. The molecule has 0 bridgehead atoms. The normalized spacial score (nSPS) is 10.4. The minimum absolute atomic E-state index is 0.659. The molecule has 0 spiro atoms. The topological polar surface area (TPSA) is 30.5 Å². The fourth-order valence-electron chi connectivity index (χ4n) is 1.38. The Morgan fingerprint density at radius 1 is 1.38 bits per heavy atom. The number of nitrogens with one attached hydrogen (secondary N) is 1. The zero-order chi connectivity index (χ0) is 11.8. The van der Waals surface area contributed by atoms with E-state index in [-0.39, 0.29) is 0 Å². The van der Waals surface area contributed by atoms with Crippen molar-refractivity contribution in [3.63, 3.8) is 0 Å². The SMILES string of the molecule is CCOc1ccc(Cl)cc1CNCCOC. The van der Waals surface area contributed by atoms with Crippen LogP contribution in [0.2, 0.25) is 5.02 Å². The van der Waals surface area contributed by atoms with Gasteiger partial charge in [0.2, 0.25) is 0 Å². The Bertz CT molecular complexity index is 318. The van der Waals surface area contributed by atoms with Crippen molar-refractivity contribution in [2.24, 2.45) is 0 Å². The molecule has 0 aliphatic rings. The van der Waals surface area contributed by atoms with Crippen molar-refractivity contribution in [1.29, 1.82) is 0 Å². The highest BCUT2D eigenvalue weighted by Crippen LogP contribution is 2.22. The van der Waals surface area contributed by atoms with Crippen molar-refractivity contribution in [3.8, 4) is 5.75 Å². The van der Waals surface area contributed by atoms with Crippen LogP contribution in [0.25, 0.3) is 0 Å². The van der Waals surface area contributed by atoms with E-state index in [1.807, 2.05) is 25.1 Å². The van der Waals surface area contributed by atoms with Crippen LogP contribution in [0.5, 0.6) is 5.75 Å². The summed E-state index contributed by atoms with van der Waals surface area (Å²) in [7, 11) is 1.69. The fourth-order valence-corrected chi connectivity index (χ4v) is 1.57. The Morgan fingerprint density at radius 3 is 2.88 bits per heavy atom. The summed E-state index contributed by atoms with van der Waals surface area (Å²) >= 11 is 5.95. The lowest BCUT2D eigenvalue weighted by molar-refractivity contribution is 0.199. The number of ether oxygens (including phenoxy) is 2. The summed E-state index contributed by atoms with van der Waals surface area (Å²) in [6.45, 7) is 4.88. The molecule has 1 rings (SSSR count). The van der Waals surface area contributed by atoms with E-state index in [4.69, 9.17) is 21.1 Å². The molecule has 0 saturated carbocycles. The van der Waals surface area contributed by atoms with Gasteiger partial charge in [0.25, 0.3) is 0 Å². The van der Waals surface area contributed by atoms with Crippen LogP contribution >= 0.6 is 11.6 Å². The third-order valence-electron chi connectivity index (χ3n) is 2.12. The van der Waals surface area contributed by atoms with Gasteiger partial charge in [-0.15, -0.1) is 0 Å². The first-order chi connectivity index (χ1) is 7.77. The highest BCUT2D eigenvalue weighted by molar-refractivity contribution is 6.30. The predicted molar refractivity (Wildman–Crippen MR) is 66.2 cm³/mol. The van der Waals surface area contributed by atoms with Crippen molar-refractivity contribution < 1.29 is 9.47 Å². The minimum Gasteiger partial charge on any atom is -0.494 e. The molecule has 1 aromatic carbocycles. The molecule has 0 radical (unpaired) electrons. The quantitative estimate of drug-likeness (QED) is 0.747. The number of benzene rings is 1. The van der Waals surface area contributed by atoms with Crippen molar-refractivity contribution in [3.05, 3.63) is 28.8 Å². The van der Waals surface area contributed by atoms with E-state index in [1.54, 1.807) is 7.11 Å². The molecule has 0 aliphatic carbocycles. The molecule has 0 fully saturated rings. The monoisotopic (exact) mass is 243 g/mol. The highest BCUT2D eigenvalue weighted by Gasteiger charge is 2.03. The number of halogens is 1. The highest BCUT2D eigenvalue weighted by atomic mass is 35.5. The van der Waals surface area contributed by atoms with Crippen LogP contribution in [0, 0.1) is 0 Å². The van der Waals surface area contributed by atoms with Crippen LogP contribution in [-0.2, 0) is 11.3 Å². The molecule has 0 aromatic heterocycles. The summed E-state index contributed by atoms with van der Waals surface area (Å²) in [5.74, 6) is 0.886. The molecule has 0 aliphatic heterocycles. The molecule has 0 unspecified atom stereocenters. The standard InChI is InChI=1S/C12H18ClNO2/c1-3-16-12-5-4-11(13)8-10(12)9-14-6-7-15-2/h4-5,8,14H,3,6-7,9H2,1-2H3. The molecule has 0 atom stereocenters. The Balaban J connectivity index is 2.57. The number of rotatable bonds is 7. The van der Waals surface area contributed by atoms with Crippen molar-refractivity contribution in [1.82, 2.24) is 5.32 Å². The van der Waals surface area contributed by atoms with Gasteiger partial charge in [-0.25, -0.2) is 0 Å². The fraction of sp³-hybridized carbons (Fsp3) is 0.500. The van der Waals surface area contributed by atoms with E-state index in [2.05, 4.69) is 5.32 Å². The van der Waals surface area contributed by atoms with Crippen molar-refractivity contribution >= 4 is 11.6 Å². The Labute approximate surface area is 102 Å². The maximum Gasteiger partial charge on any atom is 0.123 e. The smallest absolute Gasteiger partial charge is 0.123 e. The van der Waals surface area contributed by atoms with Gasteiger partial charge in [0.15, 0.2) is 0 Å². The largest absolute Gasteiger partial charge is 0.494 e. The first-order valence-electron chi connectivity index (χ1n) is 5.38. The molecular weight excluding hydrogens is 226 g/mol. The van der Waals surface area contributed by atoms with Gasteiger partial charge in [-0.1, -0.05) is 11.6 Å². The van der Waals surface area contributed by atoms with Gasteiger partial charge in [0.1, 0.15) is 5.75 Å². The molecule has 4 heteroatoms. The molecule has 3 nitrogen and oxygen atoms in total. The first kappa shape index (κ1) is 13.3. The lowest BCUT2D eigenvalue weighted by Crippen LogP contribution is -2.19. The number of hydrogen-bond acceptors (Lipinski definition) is 3. The van der Waals surface area contributed by atoms with Gasteiger partial charge < -0.3 is 14.8 Å². The second kappa shape index (κ2) is 7.49. The summed E-state index contributed by atoms with van der Waals surface area (Å²) in [5, 5.41) is 3.99. The van der Waals surface area contributed by atoms with Crippen molar-refractivity contribution in [2.45, 2.75) is 13.5 Å². The van der Waals surface area contributed by atoms with Crippen LogP contribution in [0.3, 0.4) is 0 Å². The van der Waals surface area contributed by atoms with Crippen LogP contribution in [0.4, 0.5) is 0 Å². The average molecular weight is 244 g/mol. The summed E-state index contributed by atoms with van der Waals surface area (Å²) < 4.78 is 10.5. The first-order valence-corrected chi connectivity index (χ1v) is 5.76. The summed E-state index contributed by atoms with van der Waals surface area (Å²) in [5.41, 5.74) is 1.07. The third kappa shape index (κ3) is 4.39. The van der Waals surface area contributed by atoms with Crippen molar-refractivity contribution in [2.75, 3.05) is 26.9 Å². The second-order valence-electron chi connectivity index (χ2n) is 3.35. The molecule has 90 valence electrons. The maximum absolute atomic E-state index is 5.95. The van der Waals surface area contributed by atoms with E-state index in [0.29, 0.717) is 13.2 Å². The van der Waals surface area contributed by atoms with Crippen LogP contribution in [0.15, 0.2) is 18.2 Å². The van der Waals surface area contributed by atoms with Gasteiger partial charge in [0.05, 0.1) is 13.2 Å². The number of hydrogen-bond donors (Lipinski definition) is 1. The number of methoxy groups -OCH3 is 1. The van der Waals surface area contributed by atoms with E-state index in [0.717, 1.165) is 29.4 Å². The van der Waals surface area contributed by atoms with Gasteiger partial charge in [-0.3, -0.25) is 0 Å². The maximum atomic E-state index is 5.95. The van der Waals surface area contributed by atoms with E-state index in [9.17, 15) is 0 Å². The summed E-state index contributed by atoms with van der Waals surface area (Å²) in [6.07, 6.45) is 0. The summed E-state index contributed by atoms with van der Waals surface area (Å²) in [6, 6.07) is 5.66. The van der Waals surface area contributed by atoms with E-state index < -0.39 is 0 Å². The van der Waals surface area contributed by atoms with Crippen LogP contribution < -0.4 is 10.1 Å². The van der Waals surface area contributed by atoms with Gasteiger partial charge in [-0.2, -0.15) is 0 Å². The molecule has 0 amide bonds. The average Bonchev–Trinajstić information content (AvgIpc) is 2.28. The molecule has 1 aromatic rings. The molecule has 16 heavy (non-hydrogen) atoms. The Kier molecular flexibility index (Phi) is 6.23. The lowest BCUT2D eigenvalue weighted by Gasteiger charge is -2.11. The second-order valence-corrected chi connectivity index (χ2v) is 3.79.